The minimum Gasteiger partial charge on any atom is -0.480 e. The fraction of sp³-hybridized carbons (Fsp3) is 0.760. The van der Waals surface area contributed by atoms with Crippen molar-refractivity contribution < 1.29 is 33.5 Å². The number of carbonyl (C=O) groups is 4. The third-order valence-corrected chi connectivity index (χ3v) is 7.05. The van der Waals surface area contributed by atoms with E-state index in [9.17, 15) is 28.8 Å². The van der Waals surface area contributed by atoms with E-state index < -0.39 is 65.8 Å². The number of methoxy groups -OCH3 is 1. The molecule has 7 atom stereocenters. The summed E-state index contributed by atoms with van der Waals surface area (Å²) in [5.41, 5.74) is 12.0. The van der Waals surface area contributed by atoms with E-state index >= 15 is 0 Å². The van der Waals surface area contributed by atoms with Crippen molar-refractivity contribution in [2.75, 3.05) is 20.2 Å². The van der Waals surface area contributed by atoms with E-state index in [4.69, 9.17) is 27.0 Å². The van der Waals surface area contributed by atoms with Gasteiger partial charge in [-0.05, 0) is 38.5 Å². The summed E-state index contributed by atoms with van der Waals surface area (Å²) in [4.78, 5) is 51.4. The average molecular weight is 605 g/mol. The maximum Gasteiger partial charge on any atom is 0.326 e. The maximum absolute atomic E-state index is 13.7. The highest BCUT2D eigenvalue weighted by Crippen LogP contribution is 2.15. The van der Waals surface area contributed by atoms with Gasteiger partial charge in [0.1, 0.15) is 24.2 Å². The number of aliphatic carboxylic acids is 1. The second-order valence-corrected chi connectivity index (χ2v) is 10.2. The highest BCUT2D eigenvalue weighted by atomic mass is 19.2. The molecule has 0 aromatic carbocycles. The number of hydrogen-bond acceptors (Lipinski definition) is 8. The number of amides is 3. The Hall–Kier alpha value is -3.73. The van der Waals surface area contributed by atoms with Gasteiger partial charge in [0.25, 0.3) is 0 Å². The first kappa shape index (κ1) is 38.3. The van der Waals surface area contributed by atoms with E-state index in [2.05, 4.69) is 26.6 Å². The molecule has 0 saturated heterocycles. The molecule has 0 bridgehead atoms. The monoisotopic (exact) mass is 604 g/mol. The normalized spacial score (nSPS) is 16.0. The van der Waals surface area contributed by atoms with Crippen LogP contribution in [0.1, 0.15) is 59.8 Å². The molecule has 242 valence electrons. The summed E-state index contributed by atoms with van der Waals surface area (Å²) < 4.78 is 18.9. The molecule has 0 rings (SSSR count). The summed E-state index contributed by atoms with van der Waals surface area (Å²) in [6, 6.07) is -4.94. The molecule has 0 radical (unpaired) electrons. The Balaban J connectivity index is 5.82. The molecular weight excluding hydrogens is 555 g/mol. The predicted molar refractivity (Wildman–Crippen MR) is 155 cm³/mol. The summed E-state index contributed by atoms with van der Waals surface area (Å²) in [6.45, 7) is 7.24. The maximum atomic E-state index is 13.7. The molecule has 0 spiro atoms. The van der Waals surface area contributed by atoms with Crippen LogP contribution in [0.25, 0.3) is 0 Å². The average Bonchev–Trinajstić information content (AvgIpc) is 2.93. The van der Waals surface area contributed by atoms with Crippen molar-refractivity contribution in [1.29, 1.82) is 10.8 Å². The van der Waals surface area contributed by atoms with Crippen LogP contribution < -0.4 is 43.6 Å². The Bertz CT molecular complexity index is 911. The number of hydrogen-bond donors (Lipinski definition) is 11. The van der Waals surface area contributed by atoms with E-state index in [0.717, 1.165) is 0 Å². The number of carboxylic acid groups (broad SMARTS) is 1. The lowest BCUT2D eigenvalue weighted by atomic mass is 9.94. The number of guanidine groups is 2. The van der Waals surface area contributed by atoms with Crippen molar-refractivity contribution in [3.8, 4) is 0 Å². The zero-order valence-corrected chi connectivity index (χ0v) is 25.0. The number of nitrogens with two attached hydrogens (primary N) is 2. The summed E-state index contributed by atoms with van der Waals surface area (Å²) in [7, 11) is 1.43. The molecule has 0 aromatic heterocycles. The Morgan fingerprint density at radius 3 is 1.74 bits per heavy atom. The van der Waals surface area contributed by atoms with Crippen LogP contribution in [-0.2, 0) is 23.9 Å². The van der Waals surface area contributed by atoms with Crippen LogP contribution in [0.15, 0.2) is 0 Å². The van der Waals surface area contributed by atoms with Gasteiger partial charge in [0.2, 0.25) is 17.7 Å². The van der Waals surface area contributed by atoms with E-state index in [-0.39, 0.29) is 50.7 Å². The van der Waals surface area contributed by atoms with Gasteiger partial charge in [-0.25, -0.2) is 4.79 Å². The quantitative estimate of drug-likeness (QED) is 0.0314. The Kier molecular flexibility index (Phi) is 18.4. The molecule has 0 aliphatic heterocycles. The lowest BCUT2D eigenvalue weighted by Crippen LogP contribution is -2.59. The molecule has 16 nitrogen and oxygen atoms in total. The fourth-order valence-electron chi connectivity index (χ4n) is 3.94. The molecule has 42 heavy (non-hydrogen) atoms. The van der Waals surface area contributed by atoms with Crippen LogP contribution >= 0.6 is 0 Å². The minimum atomic E-state index is -1.31. The molecule has 0 heterocycles. The Morgan fingerprint density at radius 2 is 1.31 bits per heavy atom. The lowest BCUT2D eigenvalue weighted by molar-refractivity contribution is -0.142. The van der Waals surface area contributed by atoms with Crippen LogP contribution in [-0.4, -0.2) is 91.2 Å². The minimum absolute atomic E-state index is 0.0230. The van der Waals surface area contributed by atoms with Crippen molar-refractivity contribution in [2.45, 2.75) is 90.1 Å². The first-order valence-electron chi connectivity index (χ1n) is 13.9. The van der Waals surface area contributed by atoms with Crippen molar-refractivity contribution in [3.63, 3.8) is 0 Å². The summed E-state index contributed by atoms with van der Waals surface area (Å²) in [5, 5.41) is 36.8. The van der Waals surface area contributed by atoms with Gasteiger partial charge < -0.3 is 47.9 Å². The molecule has 13 N–H and O–H groups in total. The second-order valence-electron chi connectivity index (χ2n) is 10.2. The van der Waals surface area contributed by atoms with Gasteiger partial charge in [-0.3, -0.25) is 25.2 Å². The third kappa shape index (κ3) is 14.2. The second kappa shape index (κ2) is 20.2. The zero-order valence-electron chi connectivity index (χ0n) is 25.0. The molecule has 1 unspecified atom stereocenters. The first-order chi connectivity index (χ1) is 19.7. The van der Waals surface area contributed by atoms with Gasteiger partial charge in [-0.2, -0.15) is 0 Å². The Labute approximate surface area is 246 Å². The van der Waals surface area contributed by atoms with Crippen molar-refractivity contribution in [2.24, 2.45) is 23.3 Å². The Morgan fingerprint density at radius 1 is 0.833 bits per heavy atom. The number of rotatable bonds is 21. The largest absolute Gasteiger partial charge is 0.480 e. The molecule has 0 saturated carbocycles. The van der Waals surface area contributed by atoms with Crippen molar-refractivity contribution >= 4 is 35.6 Å². The predicted octanol–water partition coefficient (Wildman–Crippen LogP) is -1.39. The number of nitrogens with one attached hydrogen (secondary N) is 8. The summed E-state index contributed by atoms with van der Waals surface area (Å²) >= 11 is 0. The topological polar surface area (TPSA) is 270 Å². The zero-order chi connectivity index (χ0) is 32.4. The van der Waals surface area contributed by atoms with Crippen molar-refractivity contribution in [3.05, 3.63) is 0 Å². The van der Waals surface area contributed by atoms with Crippen LogP contribution in [0.2, 0.25) is 0 Å². The molecule has 0 fully saturated rings. The lowest BCUT2D eigenvalue weighted by Gasteiger charge is -2.30. The van der Waals surface area contributed by atoms with Gasteiger partial charge in [0, 0.05) is 26.1 Å². The van der Waals surface area contributed by atoms with Crippen LogP contribution in [0.5, 0.6) is 0 Å². The van der Waals surface area contributed by atoms with Gasteiger partial charge in [0.15, 0.2) is 11.9 Å². The van der Waals surface area contributed by atoms with E-state index in [1.807, 2.05) is 0 Å². The van der Waals surface area contributed by atoms with Crippen LogP contribution in [0.4, 0.5) is 4.48 Å². The van der Waals surface area contributed by atoms with E-state index in [1.54, 1.807) is 27.7 Å². The highest BCUT2D eigenvalue weighted by molar-refractivity contribution is 5.94. The van der Waals surface area contributed by atoms with Gasteiger partial charge in [0.05, 0.1) is 6.10 Å². The third-order valence-electron chi connectivity index (χ3n) is 7.05. The standard InChI is InChI=1S/C25H49FN10O6/c1-6-13(2)18(35-22(39)19(36-26)14(3)15(4)42-5)21(38)33-16(9-7-11-31-24(27)28)20(37)34-17(23(40)41)10-8-12-32-25(29)30/h13-19,36H,6-12H2,1-5H3,(H,33,38)(H,34,37)(H,35,39)(H,40,41)(H4,27,28,31)(H4,29,30,32)/t13-,14-,15?,16-,17-,18-,19-/m0/s1. The van der Waals surface area contributed by atoms with Crippen molar-refractivity contribution in [1.82, 2.24) is 32.1 Å². The molecule has 3 amide bonds. The number of carbonyl (C=O) groups excluding carboxylic acids is 3. The molecule has 17 heteroatoms. The molecule has 0 aromatic rings. The van der Waals surface area contributed by atoms with Gasteiger partial charge in [-0.1, -0.05) is 27.2 Å². The van der Waals surface area contributed by atoms with Gasteiger partial charge in [-0.15, -0.1) is 10.0 Å². The SMILES string of the molecule is CC[C@H](C)[C@H](NC(=O)[C@@H](NF)[C@@H](C)C(C)OC)C(=O)N[C@@H](CCCNC(=N)N)C(=O)N[C@@H](CCCNC(=N)N)C(=O)O. The highest BCUT2D eigenvalue weighted by Gasteiger charge is 2.35. The summed E-state index contributed by atoms with van der Waals surface area (Å²) in [6.07, 6.45) is 0.618. The summed E-state index contributed by atoms with van der Waals surface area (Å²) in [5.74, 6) is -5.09. The molecule has 0 aliphatic rings. The smallest absolute Gasteiger partial charge is 0.326 e. The molecular formula is C25H49FN10O6. The number of ether oxygens (including phenoxy) is 1. The number of carboxylic acids is 1. The fourth-order valence-corrected chi connectivity index (χ4v) is 3.94. The first-order valence-corrected chi connectivity index (χ1v) is 13.9. The molecule has 0 aliphatic carbocycles. The van der Waals surface area contributed by atoms with Crippen LogP contribution in [0, 0.1) is 22.7 Å². The van der Waals surface area contributed by atoms with E-state index in [1.165, 1.54) is 12.6 Å². The van der Waals surface area contributed by atoms with Crippen LogP contribution in [0.3, 0.4) is 0 Å². The number of halogens is 1. The van der Waals surface area contributed by atoms with E-state index in [0.29, 0.717) is 6.42 Å². The van der Waals surface area contributed by atoms with Gasteiger partial charge >= 0.3 is 5.97 Å².